The van der Waals surface area contributed by atoms with Gasteiger partial charge >= 0.3 is 0 Å². The smallest absolute Gasteiger partial charge is 0.144 e. The van der Waals surface area contributed by atoms with Crippen LogP contribution in [-0.4, -0.2) is 13.2 Å². The molecule has 0 fully saturated rings. The number of hydrogen-bond donors (Lipinski definition) is 1. The van der Waals surface area contributed by atoms with Crippen molar-refractivity contribution in [2.24, 2.45) is 0 Å². The molecule has 0 radical (unpaired) electrons. The lowest BCUT2D eigenvalue weighted by Crippen LogP contribution is -2.16. The summed E-state index contributed by atoms with van der Waals surface area (Å²) in [6, 6.07) is 8.58. The van der Waals surface area contributed by atoms with Gasteiger partial charge in [-0.15, -0.1) is 0 Å². The Kier molecular flexibility index (Phi) is 4.44. The highest BCUT2D eigenvalue weighted by Crippen LogP contribution is 2.26. The summed E-state index contributed by atoms with van der Waals surface area (Å²) in [5.41, 5.74) is 0.802. The van der Waals surface area contributed by atoms with Crippen LogP contribution in [-0.2, 0) is 6.42 Å². The van der Waals surface area contributed by atoms with Gasteiger partial charge in [-0.1, -0.05) is 0 Å². The number of rotatable bonds is 6. The van der Waals surface area contributed by atoms with Crippen LogP contribution in [0.3, 0.4) is 0 Å². The normalized spacial score (nSPS) is 12.2. The molecule has 1 aromatic heterocycles. The quantitative estimate of drug-likeness (QED) is 0.859. The topological polar surface area (TPSA) is 34.4 Å². The Labute approximate surface area is 112 Å². The molecule has 1 aromatic carbocycles. The fourth-order valence-corrected chi connectivity index (χ4v) is 1.94. The van der Waals surface area contributed by atoms with Crippen LogP contribution in [0.15, 0.2) is 41.0 Å². The summed E-state index contributed by atoms with van der Waals surface area (Å²) in [5, 5.41) is 3.32. The molecule has 0 saturated carbocycles. The van der Waals surface area contributed by atoms with Crippen molar-refractivity contribution in [2.45, 2.75) is 25.8 Å². The molecule has 1 unspecified atom stereocenters. The summed E-state index contributed by atoms with van der Waals surface area (Å²) < 4.78 is 23.5. The van der Waals surface area contributed by atoms with Crippen LogP contribution < -0.4 is 10.1 Å². The zero-order valence-corrected chi connectivity index (χ0v) is 11.2. The van der Waals surface area contributed by atoms with Crippen molar-refractivity contribution in [3.63, 3.8) is 0 Å². The summed E-state index contributed by atoms with van der Waals surface area (Å²) in [6.07, 6.45) is 3.47. The Morgan fingerprint density at radius 1 is 1.37 bits per heavy atom. The van der Waals surface area contributed by atoms with E-state index in [1.807, 2.05) is 12.1 Å². The van der Waals surface area contributed by atoms with E-state index in [1.54, 1.807) is 12.3 Å². The second kappa shape index (κ2) is 6.27. The van der Waals surface area contributed by atoms with E-state index in [0.29, 0.717) is 5.75 Å². The van der Waals surface area contributed by atoms with Crippen molar-refractivity contribution in [1.29, 1.82) is 0 Å². The molecule has 4 heteroatoms. The monoisotopic (exact) mass is 263 g/mol. The lowest BCUT2D eigenvalue weighted by molar-refractivity contribution is 0.412. The molecule has 1 heterocycles. The molecule has 19 heavy (non-hydrogen) atoms. The Morgan fingerprint density at radius 3 is 2.89 bits per heavy atom. The van der Waals surface area contributed by atoms with E-state index >= 15 is 0 Å². The van der Waals surface area contributed by atoms with Crippen LogP contribution in [0.5, 0.6) is 5.75 Å². The molecule has 0 aliphatic heterocycles. The molecular weight excluding hydrogens is 245 g/mol. The molecule has 2 aromatic rings. The van der Waals surface area contributed by atoms with Gasteiger partial charge in [0.2, 0.25) is 0 Å². The van der Waals surface area contributed by atoms with Gasteiger partial charge in [0.1, 0.15) is 17.3 Å². The highest BCUT2D eigenvalue weighted by molar-refractivity contribution is 5.56. The van der Waals surface area contributed by atoms with Crippen LogP contribution >= 0.6 is 0 Å². The number of aryl methyl sites for hydroxylation is 1. The molecule has 0 saturated heterocycles. The average molecular weight is 263 g/mol. The summed E-state index contributed by atoms with van der Waals surface area (Å²) >= 11 is 0. The molecule has 0 amide bonds. The van der Waals surface area contributed by atoms with E-state index in [0.717, 1.165) is 24.3 Å². The van der Waals surface area contributed by atoms with E-state index in [4.69, 9.17) is 9.15 Å². The first-order chi connectivity index (χ1) is 9.19. The minimum atomic E-state index is -0.300. The van der Waals surface area contributed by atoms with Crippen LogP contribution in [0.4, 0.5) is 10.1 Å². The van der Waals surface area contributed by atoms with Gasteiger partial charge < -0.3 is 14.5 Å². The first-order valence-corrected chi connectivity index (χ1v) is 6.31. The minimum Gasteiger partial charge on any atom is -0.494 e. The second-order valence-electron chi connectivity index (χ2n) is 4.51. The molecule has 2 rings (SSSR count). The zero-order valence-electron chi connectivity index (χ0n) is 11.2. The Bertz CT molecular complexity index is 511. The van der Waals surface area contributed by atoms with E-state index in [2.05, 4.69) is 12.2 Å². The van der Waals surface area contributed by atoms with E-state index in [-0.39, 0.29) is 11.9 Å². The third-order valence-corrected chi connectivity index (χ3v) is 2.97. The number of halogens is 1. The average Bonchev–Trinajstić information content (AvgIpc) is 2.91. The van der Waals surface area contributed by atoms with Gasteiger partial charge in [0, 0.05) is 18.5 Å². The highest BCUT2D eigenvalue weighted by atomic mass is 19.1. The molecule has 0 aliphatic rings. The standard InChI is InChI=1S/C15H18FNO2/c1-11(5-7-13-4-3-9-19-13)17-14-8-6-12(16)10-15(14)18-2/h3-4,6,8-11,17H,5,7H2,1-2H3. The number of ether oxygens (including phenoxy) is 1. The van der Waals surface area contributed by atoms with Gasteiger partial charge in [0.25, 0.3) is 0 Å². The molecule has 102 valence electrons. The lowest BCUT2D eigenvalue weighted by atomic mass is 10.1. The second-order valence-corrected chi connectivity index (χ2v) is 4.51. The van der Waals surface area contributed by atoms with Crippen LogP contribution in [0.2, 0.25) is 0 Å². The highest BCUT2D eigenvalue weighted by Gasteiger charge is 2.09. The fraction of sp³-hybridized carbons (Fsp3) is 0.333. The van der Waals surface area contributed by atoms with E-state index < -0.39 is 0 Å². The maximum atomic E-state index is 13.1. The number of methoxy groups -OCH3 is 1. The number of anilines is 1. The minimum absolute atomic E-state index is 0.240. The summed E-state index contributed by atoms with van der Waals surface area (Å²) in [7, 11) is 1.54. The molecular formula is C15H18FNO2. The predicted octanol–water partition coefficient (Wildman–Crippen LogP) is 3.86. The van der Waals surface area contributed by atoms with Crippen LogP contribution in [0.25, 0.3) is 0 Å². The van der Waals surface area contributed by atoms with Crippen molar-refractivity contribution < 1.29 is 13.5 Å². The van der Waals surface area contributed by atoms with Gasteiger partial charge in [-0.3, -0.25) is 0 Å². The first kappa shape index (κ1) is 13.5. The Morgan fingerprint density at radius 2 is 2.21 bits per heavy atom. The first-order valence-electron chi connectivity index (χ1n) is 6.31. The molecule has 0 bridgehead atoms. The number of nitrogens with one attached hydrogen (secondary N) is 1. The number of benzene rings is 1. The fourth-order valence-electron chi connectivity index (χ4n) is 1.94. The van der Waals surface area contributed by atoms with Crippen molar-refractivity contribution >= 4 is 5.69 Å². The van der Waals surface area contributed by atoms with Gasteiger partial charge in [-0.25, -0.2) is 4.39 Å². The zero-order chi connectivity index (χ0) is 13.7. The number of furan rings is 1. The van der Waals surface area contributed by atoms with Gasteiger partial charge in [-0.2, -0.15) is 0 Å². The maximum Gasteiger partial charge on any atom is 0.144 e. The van der Waals surface area contributed by atoms with Crippen molar-refractivity contribution in [3.05, 3.63) is 48.2 Å². The van der Waals surface area contributed by atoms with Crippen molar-refractivity contribution in [2.75, 3.05) is 12.4 Å². The van der Waals surface area contributed by atoms with Crippen molar-refractivity contribution in [3.8, 4) is 5.75 Å². The molecule has 0 aliphatic carbocycles. The lowest BCUT2D eigenvalue weighted by Gasteiger charge is -2.17. The molecule has 1 atom stereocenters. The van der Waals surface area contributed by atoms with E-state index in [9.17, 15) is 4.39 Å². The maximum absolute atomic E-state index is 13.1. The molecule has 1 N–H and O–H groups in total. The van der Waals surface area contributed by atoms with Gasteiger partial charge in [-0.05, 0) is 37.6 Å². The van der Waals surface area contributed by atoms with Gasteiger partial charge in [0.15, 0.2) is 0 Å². The van der Waals surface area contributed by atoms with Crippen molar-refractivity contribution in [1.82, 2.24) is 0 Å². The summed E-state index contributed by atoms with van der Waals surface area (Å²) in [4.78, 5) is 0. The SMILES string of the molecule is COc1cc(F)ccc1NC(C)CCc1ccco1. The molecule has 0 spiro atoms. The van der Waals surface area contributed by atoms with E-state index in [1.165, 1.54) is 19.2 Å². The Hall–Kier alpha value is -1.97. The van der Waals surface area contributed by atoms with Crippen LogP contribution in [0, 0.1) is 5.82 Å². The summed E-state index contributed by atoms with van der Waals surface area (Å²) in [6.45, 7) is 2.08. The predicted molar refractivity (Wildman–Crippen MR) is 73.1 cm³/mol. The summed E-state index contributed by atoms with van der Waals surface area (Å²) in [5.74, 6) is 1.19. The molecule has 3 nitrogen and oxygen atoms in total. The third kappa shape index (κ3) is 3.74. The number of hydrogen-bond acceptors (Lipinski definition) is 3. The Balaban J connectivity index is 1.93. The third-order valence-electron chi connectivity index (χ3n) is 2.97. The van der Waals surface area contributed by atoms with Gasteiger partial charge in [0.05, 0.1) is 19.1 Å². The largest absolute Gasteiger partial charge is 0.494 e. The van der Waals surface area contributed by atoms with Crippen LogP contribution in [0.1, 0.15) is 19.1 Å².